The maximum absolute atomic E-state index is 13.7. The molecule has 0 spiro atoms. The Hall–Kier alpha value is -2.34. The summed E-state index contributed by atoms with van der Waals surface area (Å²) in [6, 6.07) is 12.2. The highest BCUT2D eigenvalue weighted by Crippen LogP contribution is 2.42. The van der Waals surface area contributed by atoms with E-state index in [1.807, 2.05) is 30.3 Å². The van der Waals surface area contributed by atoms with Gasteiger partial charge < -0.3 is 8.92 Å². The fourth-order valence-electron chi connectivity index (χ4n) is 2.18. The van der Waals surface area contributed by atoms with E-state index in [-0.39, 0.29) is 5.76 Å². The summed E-state index contributed by atoms with van der Waals surface area (Å²) in [5, 5.41) is 0. The largest absolute Gasteiger partial charge is 0.488 e. The standard InChI is InChI=1S/C16H13FO4S/c1-22(18,19)21-15-9-12-13(17)7-8-14(16(12)15)20-10-11-5-3-2-4-6-11/h2-9H,10H2,1H3. The molecule has 6 heteroatoms. The first kappa shape index (κ1) is 14.6. The van der Waals surface area contributed by atoms with Crippen molar-refractivity contribution in [3.05, 3.63) is 65.0 Å². The van der Waals surface area contributed by atoms with E-state index in [4.69, 9.17) is 8.92 Å². The predicted octanol–water partition coefficient (Wildman–Crippen LogP) is 3.19. The molecule has 0 saturated carbocycles. The number of halogens is 1. The number of hydrogen-bond acceptors (Lipinski definition) is 4. The fourth-order valence-corrected chi connectivity index (χ4v) is 2.64. The number of fused-ring (bicyclic) bond motifs is 1. The van der Waals surface area contributed by atoms with Crippen LogP contribution in [0, 0.1) is 5.82 Å². The van der Waals surface area contributed by atoms with E-state index in [0.717, 1.165) is 11.8 Å². The van der Waals surface area contributed by atoms with Crippen LogP contribution in [0.25, 0.3) is 11.8 Å². The van der Waals surface area contributed by atoms with E-state index in [0.29, 0.717) is 23.5 Å². The summed E-state index contributed by atoms with van der Waals surface area (Å²) < 4.78 is 46.6. The third-order valence-corrected chi connectivity index (χ3v) is 3.64. The second-order valence-electron chi connectivity index (χ2n) is 4.90. The lowest BCUT2D eigenvalue weighted by atomic mass is 9.94. The highest BCUT2D eigenvalue weighted by atomic mass is 32.2. The third-order valence-electron chi connectivity index (χ3n) is 3.15. The molecule has 0 atom stereocenters. The molecule has 0 unspecified atom stereocenters. The monoisotopic (exact) mass is 320 g/mol. The first-order valence-corrected chi connectivity index (χ1v) is 8.36. The molecule has 2 aromatic rings. The highest BCUT2D eigenvalue weighted by molar-refractivity contribution is 7.86. The van der Waals surface area contributed by atoms with Crippen LogP contribution in [0.15, 0.2) is 42.5 Å². The molecule has 3 rings (SSSR count). The molecule has 0 radical (unpaired) electrons. The minimum Gasteiger partial charge on any atom is -0.488 e. The van der Waals surface area contributed by atoms with E-state index in [1.165, 1.54) is 18.2 Å². The van der Waals surface area contributed by atoms with E-state index >= 15 is 0 Å². The average Bonchev–Trinajstić information content (AvgIpc) is 2.45. The van der Waals surface area contributed by atoms with Crippen molar-refractivity contribution < 1.29 is 21.7 Å². The van der Waals surface area contributed by atoms with E-state index in [9.17, 15) is 12.8 Å². The van der Waals surface area contributed by atoms with Gasteiger partial charge in [0.25, 0.3) is 0 Å². The molecule has 0 bridgehead atoms. The van der Waals surface area contributed by atoms with Gasteiger partial charge in [0, 0.05) is 5.56 Å². The highest BCUT2D eigenvalue weighted by Gasteiger charge is 2.28. The normalized spacial score (nSPS) is 12.9. The van der Waals surface area contributed by atoms with Crippen LogP contribution in [-0.2, 0) is 20.9 Å². The number of ether oxygens (including phenoxy) is 1. The smallest absolute Gasteiger partial charge is 0.306 e. The van der Waals surface area contributed by atoms with Gasteiger partial charge in [-0.15, -0.1) is 0 Å². The lowest BCUT2D eigenvalue weighted by Crippen LogP contribution is -2.12. The summed E-state index contributed by atoms with van der Waals surface area (Å²) >= 11 is 0. The molecular formula is C16H13FO4S. The average molecular weight is 320 g/mol. The van der Waals surface area contributed by atoms with Crippen LogP contribution in [-0.4, -0.2) is 14.7 Å². The number of rotatable bonds is 5. The van der Waals surface area contributed by atoms with Crippen LogP contribution < -0.4 is 4.74 Å². The van der Waals surface area contributed by atoms with Crippen LogP contribution in [0.5, 0.6) is 5.75 Å². The molecule has 2 aromatic carbocycles. The zero-order valence-corrected chi connectivity index (χ0v) is 12.6. The second-order valence-corrected chi connectivity index (χ2v) is 6.48. The molecule has 4 nitrogen and oxygen atoms in total. The minimum absolute atomic E-state index is 0.0973. The molecule has 114 valence electrons. The zero-order chi connectivity index (χ0) is 15.7. The summed E-state index contributed by atoms with van der Waals surface area (Å²) in [7, 11) is -3.67. The van der Waals surface area contributed by atoms with Crippen LogP contribution >= 0.6 is 0 Å². The van der Waals surface area contributed by atoms with E-state index in [2.05, 4.69) is 0 Å². The first-order valence-electron chi connectivity index (χ1n) is 6.55. The summed E-state index contributed by atoms with van der Waals surface area (Å²) in [4.78, 5) is 0. The Bertz CT molecular complexity index is 842. The maximum atomic E-state index is 13.7. The Morgan fingerprint density at radius 3 is 2.50 bits per heavy atom. The second kappa shape index (κ2) is 5.46. The van der Waals surface area contributed by atoms with Crippen molar-refractivity contribution >= 4 is 22.0 Å². The lowest BCUT2D eigenvalue weighted by Gasteiger charge is -2.23. The molecule has 0 amide bonds. The van der Waals surface area contributed by atoms with Crippen molar-refractivity contribution in [2.45, 2.75) is 6.61 Å². The molecular weight excluding hydrogens is 307 g/mol. The molecule has 0 heterocycles. The van der Waals surface area contributed by atoms with Gasteiger partial charge in [0.1, 0.15) is 18.2 Å². The number of hydrogen-bond donors (Lipinski definition) is 0. The summed E-state index contributed by atoms with van der Waals surface area (Å²) in [6.45, 7) is 0.297. The van der Waals surface area contributed by atoms with Gasteiger partial charge in [-0.1, -0.05) is 30.3 Å². The summed E-state index contributed by atoms with van der Waals surface area (Å²) in [6.07, 6.45) is 2.29. The van der Waals surface area contributed by atoms with Crippen LogP contribution in [0.2, 0.25) is 0 Å². The zero-order valence-electron chi connectivity index (χ0n) is 11.7. The third kappa shape index (κ3) is 2.96. The minimum atomic E-state index is -3.67. The van der Waals surface area contributed by atoms with Gasteiger partial charge in [0.2, 0.25) is 0 Å². The number of benzene rings is 2. The van der Waals surface area contributed by atoms with Crippen LogP contribution in [0.1, 0.15) is 16.7 Å². The Morgan fingerprint density at radius 2 is 1.82 bits per heavy atom. The van der Waals surface area contributed by atoms with Gasteiger partial charge in [-0.25, -0.2) is 4.39 Å². The SMILES string of the molecule is CS(=O)(=O)OC1=Cc2c(F)ccc(OCc3ccccc3)c21. The fraction of sp³-hybridized carbons (Fsp3) is 0.125. The van der Waals surface area contributed by atoms with Gasteiger partial charge >= 0.3 is 10.1 Å². The van der Waals surface area contributed by atoms with Crippen LogP contribution in [0.3, 0.4) is 0 Å². The Balaban J connectivity index is 1.84. The van der Waals surface area contributed by atoms with Crippen molar-refractivity contribution in [1.82, 2.24) is 0 Å². The van der Waals surface area contributed by atoms with E-state index < -0.39 is 15.9 Å². The molecule has 1 aliphatic carbocycles. The Labute approximate surface area is 127 Å². The quantitative estimate of drug-likeness (QED) is 0.794. The van der Waals surface area contributed by atoms with Crippen molar-refractivity contribution in [2.75, 3.05) is 6.26 Å². The Kier molecular flexibility index (Phi) is 3.62. The van der Waals surface area contributed by atoms with Crippen molar-refractivity contribution in [3.63, 3.8) is 0 Å². The molecule has 0 aliphatic heterocycles. The lowest BCUT2D eigenvalue weighted by molar-refractivity contribution is 0.303. The van der Waals surface area contributed by atoms with Crippen LogP contribution in [0.4, 0.5) is 4.39 Å². The summed E-state index contributed by atoms with van der Waals surface area (Å²) in [5.74, 6) is 0.0457. The molecule has 0 aromatic heterocycles. The molecule has 0 saturated heterocycles. The van der Waals surface area contributed by atoms with Crippen molar-refractivity contribution in [2.24, 2.45) is 0 Å². The van der Waals surface area contributed by atoms with Gasteiger partial charge in [0.05, 0.1) is 11.8 Å². The maximum Gasteiger partial charge on any atom is 0.306 e. The topological polar surface area (TPSA) is 52.6 Å². The van der Waals surface area contributed by atoms with Crippen molar-refractivity contribution in [1.29, 1.82) is 0 Å². The van der Waals surface area contributed by atoms with Gasteiger partial charge in [-0.2, -0.15) is 8.42 Å². The van der Waals surface area contributed by atoms with Gasteiger partial charge in [-0.05, 0) is 23.8 Å². The Morgan fingerprint density at radius 1 is 1.09 bits per heavy atom. The van der Waals surface area contributed by atoms with Crippen molar-refractivity contribution in [3.8, 4) is 5.75 Å². The van der Waals surface area contributed by atoms with Gasteiger partial charge in [-0.3, -0.25) is 0 Å². The molecule has 0 N–H and O–H groups in total. The van der Waals surface area contributed by atoms with Gasteiger partial charge in [0.15, 0.2) is 5.76 Å². The molecule has 22 heavy (non-hydrogen) atoms. The first-order chi connectivity index (χ1) is 10.4. The predicted molar refractivity (Wildman–Crippen MR) is 81.0 cm³/mol. The molecule has 0 fully saturated rings. The summed E-state index contributed by atoms with van der Waals surface area (Å²) in [5.41, 5.74) is 1.60. The molecule has 1 aliphatic rings. The van der Waals surface area contributed by atoms with E-state index in [1.54, 1.807) is 0 Å².